The fourth-order valence-electron chi connectivity index (χ4n) is 0. The van der Waals surface area contributed by atoms with Gasteiger partial charge in [0.25, 0.3) is 0 Å². The fraction of sp³-hybridized carbons (Fsp3) is 0. The van der Waals surface area contributed by atoms with Crippen molar-refractivity contribution in [2.24, 2.45) is 0 Å². The molecule has 0 aliphatic heterocycles. The van der Waals surface area contributed by atoms with E-state index in [0.717, 1.165) is 0 Å². The van der Waals surface area contributed by atoms with Crippen LogP contribution in [0.3, 0.4) is 0 Å². The zero-order valence-corrected chi connectivity index (χ0v) is 11.1. The first-order chi connectivity index (χ1) is 1.41. The summed E-state index contributed by atoms with van der Waals surface area (Å²) in [5.41, 5.74) is 13.5. The molecule has 0 aliphatic carbocycles. The largest absolute Gasteiger partial charge is 1.00 e. The van der Waals surface area contributed by atoms with Crippen molar-refractivity contribution in [3.63, 3.8) is 0 Å². The van der Waals surface area contributed by atoms with Gasteiger partial charge in [0.15, 0.2) is 0 Å². The van der Waals surface area contributed by atoms with E-state index in [1.54, 1.807) is 0 Å². The molecule has 0 rings (SSSR count). The van der Waals surface area contributed by atoms with Crippen LogP contribution in [0.4, 0.5) is 0 Å². The molecule has 0 N–H and O–H groups in total. The average Bonchev–Trinajstić information content (AvgIpc) is 0.918. The molecule has 3 nitrogen and oxygen atoms in total. The van der Waals surface area contributed by atoms with Gasteiger partial charge >= 0.3 is 68.9 Å². The first kappa shape index (κ1) is 15.7. The Morgan fingerprint density at radius 2 is 1.40 bits per heavy atom. The minimum absolute atomic E-state index is 0. The molecule has 0 heterocycles. The summed E-state index contributed by atoms with van der Waals surface area (Å²) in [4.78, 5) is 1.50. The standard InChI is InChI=1S/Au.Cs.N3.H/c;;1-3-2;/q;+1;2*-1. The third-order valence-electron chi connectivity index (χ3n) is 0. The Kier molecular flexibility index (Phi) is 51.9. The molecule has 0 atom stereocenters. The van der Waals surface area contributed by atoms with Gasteiger partial charge in [-0.3, -0.25) is 4.91 Å². The van der Waals surface area contributed by atoms with Gasteiger partial charge in [0.05, 0.1) is 0 Å². The number of nitrogens with zero attached hydrogens (tertiary/aromatic N) is 3. The van der Waals surface area contributed by atoms with E-state index in [2.05, 4.69) is 0 Å². The first-order valence-corrected chi connectivity index (χ1v) is 0.400. The van der Waals surface area contributed by atoms with Gasteiger partial charge in [0.1, 0.15) is 0 Å². The second-order valence-electron chi connectivity index (χ2n) is 0.0894. The van der Waals surface area contributed by atoms with Crippen LogP contribution in [-0.2, 0) is 22.4 Å². The van der Waals surface area contributed by atoms with Crippen LogP contribution in [0, 0.1) is 0 Å². The molecule has 0 saturated heterocycles. The van der Waals surface area contributed by atoms with Gasteiger partial charge in [-0.15, -0.1) is 0 Å². The van der Waals surface area contributed by atoms with Crippen LogP contribution in [0.1, 0.15) is 1.43 Å². The Hall–Kier alpha value is 2.10. The summed E-state index contributed by atoms with van der Waals surface area (Å²) in [6.07, 6.45) is 0. The molecule has 0 bridgehead atoms. The van der Waals surface area contributed by atoms with Crippen molar-refractivity contribution in [1.29, 1.82) is 0 Å². The molecule has 29 valence electrons. The third-order valence-corrected chi connectivity index (χ3v) is 0. The van der Waals surface area contributed by atoms with E-state index >= 15 is 0 Å². The van der Waals surface area contributed by atoms with Gasteiger partial charge in [-0.2, -0.15) is 0 Å². The van der Waals surface area contributed by atoms with Crippen LogP contribution in [0.15, 0.2) is 0 Å². The number of hydrogen-bond donors (Lipinski definition) is 0. The van der Waals surface area contributed by atoms with Crippen LogP contribution in [0.2, 0.25) is 0 Å². The van der Waals surface area contributed by atoms with E-state index in [1.165, 1.54) is 4.91 Å². The third kappa shape index (κ3) is 23.2. The van der Waals surface area contributed by atoms with Crippen molar-refractivity contribution in [3.8, 4) is 0 Å². The van der Waals surface area contributed by atoms with E-state index in [-0.39, 0.29) is 92.7 Å². The van der Waals surface area contributed by atoms with Crippen molar-refractivity contribution in [2.45, 2.75) is 0 Å². The van der Waals surface area contributed by atoms with Gasteiger partial charge in [-0.1, -0.05) is 0 Å². The monoisotopic (exact) mass is 373 g/mol. The van der Waals surface area contributed by atoms with Gasteiger partial charge in [0.2, 0.25) is 0 Å². The molecule has 0 spiro atoms. The second-order valence-corrected chi connectivity index (χ2v) is 0.0894. The maximum absolute atomic E-state index is 6.75. The maximum Gasteiger partial charge on any atom is 1.00 e. The van der Waals surface area contributed by atoms with Crippen molar-refractivity contribution >= 4 is 0 Å². The molecular weight excluding hydrogens is 372 g/mol. The summed E-state index contributed by atoms with van der Waals surface area (Å²) in [6.45, 7) is 0. The molecule has 0 aromatic heterocycles. The summed E-state index contributed by atoms with van der Waals surface area (Å²) < 4.78 is 0. The Labute approximate surface area is 106 Å². The fourth-order valence-corrected chi connectivity index (χ4v) is 0. The van der Waals surface area contributed by atoms with E-state index in [1.807, 2.05) is 0 Å². The molecule has 0 amide bonds. The molecule has 5 heavy (non-hydrogen) atoms. The van der Waals surface area contributed by atoms with E-state index in [4.69, 9.17) is 11.1 Å². The van der Waals surface area contributed by atoms with Crippen LogP contribution in [-0.4, -0.2) is 0 Å². The quantitative estimate of drug-likeness (QED) is 0.204. The van der Waals surface area contributed by atoms with E-state index < -0.39 is 0 Å². The Bertz CT molecular complexity index is 31.8. The van der Waals surface area contributed by atoms with Crippen molar-refractivity contribution < 1.29 is 92.7 Å². The minimum atomic E-state index is 0. The minimum Gasteiger partial charge on any atom is -1.00 e. The molecule has 1 radical (unpaired) electrons. The first-order valence-electron chi connectivity index (χ1n) is 0.400. The predicted molar refractivity (Wildman–Crippen MR) is 11.2 cm³/mol. The molecule has 5 heteroatoms. The summed E-state index contributed by atoms with van der Waals surface area (Å²) in [5.74, 6) is 0. The normalized spacial score (nSPS) is 1.60. The molecule has 0 saturated carbocycles. The molecule has 0 aromatic rings. The van der Waals surface area contributed by atoms with E-state index in [9.17, 15) is 0 Å². The average molecular weight is 373 g/mol. The zero-order valence-electron chi connectivity index (χ0n) is 3.64. The van der Waals surface area contributed by atoms with Gasteiger partial charge in [-0.05, 0) is 0 Å². The van der Waals surface area contributed by atoms with Crippen molar-refractivity contribution in [3.05, 3.63) is 16.0 Å². The Morgan fingerprint density at radius 3 is 1.40 bits per heavy atom. The Morgan fingerprint density at radius 1 is 1.40 bits per heavy atom. The second kappa shape index (κ2) is 16.5. The van der Waals surface area contributed by atoms with Gasteiger partial charge in [-0.25, -0.2) is 0 Å². The van der Waals surface area contributed by atoms with Crippen LogP contribution in [0.25, 0.3) is 16.0 Å². The zero-order chi connectivity index (χ0) is 2.71. The summed E-state index contributed by atoms with van der Waals surface area (Å²) in [7, 11) is 0. The SMILES string of the molecule is [Au].[Cs+].[H-].[N-]=[N+]=[N-]. The number of rotatable bonds is 0. The topological polar surface area (TPSA) is 58.7 Å². The summed E-state index contributed by atoms with van der Waals surface area (Å²) >= 11 is 0. The van der Waals surface area contributed by atoms with Crippen LogP contribution in [0.5, 0.6) is 0 Å². The number of hydrogen-bond acceptors (Lipinski definition) is 0. The summed E-state index contributed by atoms with van der Waals surface area (Å²) in [6, 6.07) is 0. The predicted octanol–water partition coefficient (Wildman–Crippen LogP) is -2.02. The van der Waals surface area contributed by atoms with Crippen molar-refractivity contribution in [1.82, 2.24) is 0 Å². The molecule has 0 aromatic carbocycles. The molecular formula is HAuCsN3-. The molecule has 0 unspecified atom stereocenters. The maximum atomic E-state index is 6.75. The van der Waals surface area contributed by atoms with Crippen LogP contribution < -0.4 is 68.9 Å². The van der Waals surface area contributed by atoms with Crippen molar-refractivity contribution in [2.75, 3.05) is 0 Å². The smallest absolute Gasteiger partial charge is 1.00 e. The van der Waals surface area contributed by atoms with E-state index in [0.29, 0.717) is 0 Å². The summed E-state index contributed by atoms with van der Waals surface area (Å²) in [5, 5.41) is 0. The van der Waals surface area contributed by atoms with Gasteiger partial charge in [0, 0.05) is 22.4 Å². The Balaban J connectivity index is -0.00000000667. The molecule has 0 fully saturated rings. The molecule has 0 aliphatic rings. The van der Waals surface area contributed by atoms with Gasteiger partial charge < -0.3 is 12.5 Å². The van der Waals surface area contributed by atoms with Crippen LogP contribution >= 0.6 is 0 Å².